The first kappa shape index (κ1) is 14.9. The third kappa shape index (κ3) is 6.91. The molecule has 0 saturated carbocycles. The van der Waals surface area contributed by atoms with Crippen molar-refractivity contribution < 1.29 is 9.84 Å². The summed E-state index contributed by atoms with van der Waals surface area (Å²) in [4.78, 5) is 0. The van der Waals surface area contributed by atoms with Gasteiger partial charge in [0.1, 0.15) is 0 Å². The third-order valence-corrected chi connectivity index (χ3v) is 3.23. The zero-order chi connectivity index (χ0) is 11.9. The second-order valence-electron chi connectivity index (χ2n) is 5.19. The number of hydrogen-bond donors (Lipinski definition) is 1. The molecule has 0 aliphatic heterocycles. The Morgan fingerprint density at radius 2 is 1.87 bits per heavy atom. The SMILES string of the molecule is CCCC(O)C(C)CCCC(C)(C)OC. The van der Waals surface area contributed by atoms with Crippen molar-refractivity contribution in [2.24, 2.45) is 5.92 Å². The smallest absolute Gasteiger partial charge is 0.0622 e. The van der Waals surface area contributed by atoms with Crippen LogP contribution in [0.25, 0.3) is 0 Å². The van der Waals surface area contributed by atoms with E-state index < -0.39 is 0 Å². The molecule has 0 aromatic heterocycles. The van der Waals surface area contributed by atoms with E-state index in [0.717, 1.165) is 32.1 Å². The van der Waals surface area contributed by atoms with E-state index >= 15 is 0 Å². The number of rotatable bonds is 8. The number of aliphatic hydroxyl groups excluding tert-OH is 1. The lowest BCUT2D eigenvalue weighted by molar-refractivity contribution is 0.0104. The van der Waals surface area contributed by atoms with Crippen LogP contribution < -0.4 is 0 Å². The first-order chi connectivity index (χ1) is 6.93. The van der Waals surface area contributed by atoms with Gasteiger partial charge in [-0.1, -0.05) is 26.7 Å². The van der Waals surface area contributed by atoms with Gasteiger partial charge in [0.2, 0.25) is 0 Å². The van der Waals surface area contributed by atoms with Gasteiger partial charge in [-0.3, -0.25) is 0 Å². The maximum atomic E-state index is 9.77. The number of methoxy groups -OCH3 is 1. The van der Waals surface area contributed by atoms with Gasteiger partial charge in [0.15, 0.2) is 0 Å². The van der Waals surface area contributed by atoms with Crippen LogP contribution >= 0.6 is 0 Å². The van der Waals surface area contributed by atoms with Crippen LogP contribution in [0.2, 0.25) is 0 Å². The van der Waals surface area contributed by atoms with E-state index in [1.807, 2.05) is 0 Å². The van der Waals surface area contributed by atoms with Crippen LogP contribution in [0.4, 0.5) is 0 Å². The molecular formula is C13H28O2. The third-order valence-electron chi connectivity index (χ3n) is 3.23. The van der Waals surface area contributed by atoms with E-state index in [2.05, 4.69) is 27.7 Å². The fourth-order valence-electron chi connectivity index (χ4n) is 1.72. The lowest BCUT2D eigenvalue weighted by Crippen LogP contribution is -2.23. The highest BCUT2D eigenvalue weighted by Crippen LogP contribution is 2.21. The second-order valence-corrected chi connectivity index (χ2v) is 5.19. The summed E-state index contributed by atoms with van der Waals surface area (Å²) in [6.45, 7) is 8.48. The van der Waals surface area contributed by atoms with Crippen molar-refractivity contribution >= 4 is 0 Å². The Morgan fingerprint density at radius 3 is 2.33 bits per heavy atom. The van der Waals surface area contributed by atoms with E-state index in [1.54, 1.807) is 7.11 Å². The molecule has 0 heterocycles. The maximum absolute atomic E-state index is 9.77. The largest absolute Gasteiger partial charge is 0.393 e. The molecule has 0 spiro atoms. The van der Waals surface area contributed by atoms with Gasteiger partial charge in [-0.2, -0.15) is 0 Å². The van der Waals surface area contributed by atoms with Crippen molar-refractivity contribution in [1.29, 1.82) is 0 Å². The molecular weight excluding hydrogens is 188 g/mol. The van der Waals surface area contributed by atoms with Crippen LogP contribution in [0.3, 0.4) is 0 Å². The summed E-state index contributed by atoms with van der Waals surface area (Å²) in [5, 5.41) is 9.77. The van der Waals surface area contributed by atoms with E-state index in [1.165, 1.54) is 0 Å². The van der Waals surface area contributed by atoms with Crippen molar-refractivity contribution in [1.82, 2.24) is 0 Å². The van der Waals surface area contributed by atoms with Crippen LogP contribution in [-0.4, -0.2) is 23.9 Å². The van der Waals surface area contributed by atoms with E-state index in [0.29, 0.717) is 5.92 Å². The van der Waals surface area contributed by atoms with Crippen molar-refractivity contribution in [2.75, 3.05) is 7.11 Å². The molecule has 0 bridgehead atoms. The second kappa shape index (κ2) is 7.24. The minimum absolute atomic E-state index is 0.0184. The molecule has 0 amide bonds. The molecule has 92 valence electrons. The van der Waals surface area contributed by atoms with Gasteiger partial charge in [-0.05, 0) is 39.0 Å². The zero-order valence-corrected chi connectivity index (χ0v) is 11.0. The Hall–Kier alpha value is -0.0800. The molecule has 0 aromatic rings. The van der Waals surface area contributed by atoms with Crippen molar-refractivity contribution in [2.45, 2.75) is 71.5 Å². The Kier molecular flexibility index (Phi) is 7.20. The molecule has 0 rings (SSSR count). The fourth-order valence-corrected chi connectivity index (χ4v) is 1.72. The van der Waals surface area contributed by atoms with Crippen molar-refractivity contribution in [3.8, 4) is 0 Å². The highest BCUT2D eigenvalue weighted by molar-refractivity contribution is 4.70. The lowest BCUT2D eigenvalue weighted by Gasteiger charge is -2.24. The summed E-state index contributed by atoms with van der Waals surface area (Å²) in [5.74, 6) is 0.414. The average Bonchev–Trinajstić information content (AvgIpc) is 2.18. The maximum Gasteiger partial charge on any atom is 0.0622 e. The van der Waals surface area contributed by atoms with E-state index in [-0.39, 0.29) is 11.7 Å². The summed E-state index contributed by atoms with van der Waals surface area (Å²) in [5.41, 5.74) is -0.0184. The summed E-state index contributed by atoms with van der Waals surface area (Å²) in [6, 6.07) is 0. The summed E-state index contributed by atoms with van der Waals surface area (Å²) >= 11 is 0. The van der Waals surface area contributed by atoms with Crippen LogP contribution in [0, 0.1) is 5.92 Å². The lowest BCUT2D eigenvalue weighted by atomic mass is 9.92. The highest BCUT2D eigenvalue weighted by Gasteiger charge is 2.18. The average molecular weight is 216 g/mol. The number of ether oxygens (including phenoxy) is 1. The molecule has 0 saturated heterocycles. The topological polar surface area (TPSA) is 29.5 Å². The molecule has 2 nitrogen and oxygen atoms in total. The van der Waals surface area contributed by atoms with Gasteiger partial charge in [0, 0.05) is 7.11 Å². The molecule has 2 unspecified atom stereocenters. The highest BCUT2D eigenvalue weighted by atomic mass is 16.5. The molecule has 0 aromatic carbocycles. The summed E-state index contributed by atoms with van der Waals surface area (Å²) in [6.07, 6.45) is 5.15. The van der Waals surface area contributed by atoms with Crippen LogP contribution in [0.1, 0.15) is 59.8 Å². The van der Waals surface area contributed by atoms with Crippen molar-refractivity contribution in [3.05, 3.63) is 0 Å². The van der Waals surface area contributed by atoms with Crippen molar-refractivity contribution in [3.63, 3.8) is 0 Å². The molecule has 0 aliphatic carbocycles. The minimum atomic E-state index is -0.124. The van der Waals surface area contributed by atoms with Gasteiger partial charge in [-0.15, -0.1) is 0 Å². The van der Waals surface area contributed by atoms with Gasteiger partial charge in [-0.25, -0.2) is 0 Å². The van der Waals surface area contributed by atoms with Crippen LogP contribution in [-0.2, 0) is 4.74 Å². The molecule has 0 aliphatic rings. The van der Waals surface area contributed by atoms with Gasteiger partial charge >= 0.3 is 0 Å². The standard InChI is InChI=1S/C13H28O2/c1-6-8-12(14)11(2)9-7-10-13(3,4)15-5/h11-12,14H,6-10H2,1-5H3. The quantitative estimate of drug-likeness (QED) is 0.674. The monoisotopic (exact) mass is 216 g/mol. The fraction of sp³-hybridized carbons (Fsp3) is 1.00. The van der Waals surface area contributed by atoms with E-state index in [4.69, 9.17) is 4.74 Å². The number of aliphatic hydroxyl groups is 1. The predicted octanol–water partition coefficient (Wildman–Crippen LogP) is 3.38. The zero-order valence-electron chi connectivity index (χ0n) is 11.0. The Labute approximate surface area is 95.0 Å². The first-order valence-electron chi connectivity index (χ1n) is 6.16. The number of hydrogen-bond acceptors (Lipinski definition) is 2. The molecule has 1 N–H and O–H groups in total. The van der Waals surface area contributed by atoms with Crippen LogP contribution in [0.15, 0.2) is 0 Å². The molecule has 2 heteroatoms. The Bertz CT molecular complexity index is 155. The summed E-state index contributed by atoms with van der Waals surface area (Å²) < 4.78 is 5.36. The Balaban J connectivity index is 3.67. The molecule has 15 heavy (non-hydrogen) atoms. The van der Waals surface area contributed by atoms with Crippen LogP contribution in [0.5, 0.6) is 0 Å². The Morgan fingerprint density at radius 1 is 1.27 bits per heavy atom. The first-order valence-corrected chi connectivity index (χ1v) is 6.16. The predicted molar refractivity (Wildman–Crippen MR) is 65.0 cm³/mol. The van der Waals surface area contributed by atoms with E-state index in [9.17, 15) is 5.11 Å². The van der Waals surface area contributed by atoms with Gasteiger partial charge in [0.25, 0.3) is 0 Å². The molecule has 2 atom stereocenters. The van der Waals surface area contributed by atoms with Gasteiger partial charge < -0.3 is 9.84 Å². The molecule has 0 radical (unpaired) electrons. The van der Waals surface area contributed by atoms with Gasteiger partial charge in [0.05, 0.1) is 11.7 Å². The minimum Gasteiger partial charge on any atom is -0.393 e. The summed E-state index contributed by atoms with van der Waals surface area (Å²) in [7, 11) is 1.76. The normalized spacial score (nSPS) is 16.4. The molecule has 0 fully saturated rings.